The summed E-state index contributed by atoms with van der Waals surface area (Å²) in [6, 6.07) is 4.06. The number of fused-ring (bicyclic) bond motifs is 1. The molecule has 1 aliphatic heterocycles. The van der Waals surface area contributed by atoms with Crippen LogP contribution in [0.5, 0.6) is 0 Å². The van der Waals surface area contributed by atoms with Gasteiger partial charge in [-0.2, -0.15) is 0 Å². The molecule has 1 amide bonds. The number of hydrogen-bond donors (Lipinski definition) is 0. The van der Waals surface area contributed by atoms with Crippen molar-refractivity contribution >= 4 is 11.6 Å². The van der Waals surface area contributed by atoms with Gasteiger partial charge >= 0.3 is 0 Å². The smallest absolute Gasteiger partial charge is 0.223 e. The van der Waals surface area contributed by atoms with Crippen LogP contribution in [0.1, 0.15) is 19.5 Å². The predicted molar refractivity (Wildman–Crippen MR) is 55.5 cm³/mol. The Morgan fingerprint density at radius 3 is 2.93 bits per heavy atom. The van der Waals surface area contributed by atoms with E-state index >= 15 is 0 Å². The first kappa shape index (κ1) is 9.06. The van der Waals surface area contributed by atoms with Crippen molar-refractivity contribution in [2.45, 2.75) is 20.4 Å². The van der Waals surface area contributed by atoms with E-state index in [9.17, 15) is 4.79 Å². The predicted octanol–water partition coefficient (Wildman–Crippen LogP) is 1.71. The van der Waals surface area contributed by atoms with Gasteiger partial charge in [-0.3, -0.25) is 4.79 Å². The van der Waals surface area contributed by atoms with Crippen molar-refractivity contribution in [1.82, 2.24) is 9.47 Å². The van der Waals surface area contributed by atoms with Gasteiger partial charge in [-0.1, -0.05) is 6.08 Å². The Balaban J connectivity index is 2.44. The highest BCUT2D eigenvalue weighted by Crippen LogP contribution is 2.24. The second-order valence-electron chi connectivity index (χ2n) is 3.43. The largest absolute Gasteiger partial charge is 0.345 e. The fourth-order valence-corrected chi connectivity index (χ4v) is 1.94. The summed E-state index contributed by atoms with van der Waals surface area (Å²) < 4.78 is 2.18. The molecular weight excluding hydrogens is 176 g/mol. The Bertz CT molecular complexity index is 390. The molecule has 1 aromatic rings. The molecule has 0 fully saturated rings. The normalized spacial score (nSPS) is 18.4. The van der Waals surface area contributed by atoms with E-state index in [1.807, 2.05) is 30.0 Å². The molecular formula is C11H14N2O. The molecule has 0 saturated heterocycles. The first-order valence-electron chi connectivity index (χ1n) is 4.84. The minimum Gasteiger partial charge on any atom is -0.345 e. The molecule has 3 nitrogen and oxygen atoms in total. The summed E-state index contributed by atoms with van der Waals surface area (Å²) in [5.41, 5.74) is 2.16. The highest BCUT2D eigenvalue weighted by molar-refractivity contribution is 5.85. The number of hydrogen-bond acceptors (Lipinski definition) is 1. The molecule has 0 saturated carbocycles. The quantitative estimate of drug-likeness (QED) is 0.611. The van der Waals surface area contributed by atoms with Gasteiger partial charge in [0.1, 0.15) is 0 Å². The Hall–Kier alpha value is -1.51. The molecule has 0 aromatic carbocycles. The summed E-state index contributed by atoms with van der Waals surface area (Å²) in [6.07, 6.45) is 4.04. The van der Waals surface area contributed by atoms with Gasteiger partial charge in [0.2, 0.25) is 5.91 Å². The van der Waals surface area contributed by atoms with Crippen molar-refractivity contribution in [3.63, 3.8) is 0 Å². The lowest BCUT2D eigenvalue weighted by Crippen LogP contribution is -2.35. The van der Waals surface area contributed by atoms with Crippen LogP contribution in [0.4, 0.5) is 0 Å². The van der Waals surface area contributed by atoms with Gasteiger partial charge < -0.3 is 9.47 Å². The first-order chi connectivity index (χ1) is 6.74. The SMILES string of the molecule is CC=C1c2cccn2CCN1C(C)=O. The first-order valence-corrected chi connectivity index (χ1v) is 4.84. The molecule has 2 rings (SSSR count). The van der Waals surface area contributed by atoms with Crippen LogP contribution in [0, 0.1) is 0 Å². The highest BCUT2D eigenvalue weighted by atomic mass is 16.2. The van der Waals surface area contributed by atoms with E-state index < -0.39 is 0 Å². The van der Waals surface area contributed by atoms with Crippen LogP contribution in [-0.2, 0) is 11.3 Å². The minimum atomic E-state index is 0.116. The third-order valence-electron chi connectivity index (χ3n) is 2.60. The van der Waals surface area contributed by atoms with Crippen molar-refractivity contribution in [3.8, 4) is 0 Å². The zero-order valence-corrected chi connectivity index (χ0v) is 8.53. The zero-order chi connectivity index (χ0) is 10.1. The van der Waals surface area contributed by atoms with E-state index in [-0.39, 0.29) is 5.91 Å². The van der Waals surface area contributed by atoms with Crippen LogP contribution in [0.3, 0.4) is 0 Å². The molecule has 0 bridgehead atoms. The summed E-state index contributed by atoms with van der Waals surface area (Å²) in [5, 5.41) is 0. The number of amides is 1. The molecule has 0 spiro atoms. The Labute approximate surface area is 83.6 Å². The van der Waals surface area contributed by atoms with Crippen molar-refractivity contribution in [2.75, 3.05) is 6.54 Å². The molecule has 1 aromatic heterocycles. The summed E-state index contributed by atoms with van der Waals surface area (Å²) in [5.74, 6) is 0.116. The molecule has 1 aliphatic rings. The average Bonchev–Trinajstić information content (AvgIpc) is 2.63. The molecule has 2 heterocycles. The molecule has 0 unspecified atom stereocenters. The van der Waals surface area contributed by atoms with Crippen molar-refractivity contribution in [1.29, 1.82) is 0 Å². The van der Waals surface area contributed by atoms with E-state index in [4.69, 9.17) is 0 Å². The number of carbonyl (C=O) groups is 1. The van der Waals surface area contributed by atoms with Crippen LogP contribution in [0.15, 0.2) is 24.4 Å². The van der Waals surface area contributed by atoms with E-state index in [1.54, 1.807) is 6.92 Å². The van der Waals surface area contributed by atoms with Gasteiger partial charge in [-0.15, -0.1) is 0 Å². The van der Waals surface area contributed by atoms with Crippen molar-refractivity contribution in [3.05, 3.63) is 30.1 Å². The number of rotatable bonds is 0. The maximum absolute atomic E-state index is 11.4. The van der Waals surface area contributed by atoms with Crippen LogP contribution in [0.25, 0.3) is 5.70 Å². The number of nitrogens with zero attached hydrogens (tertiary/aromatic N) is 2. The molecule has 74 valence electrons. The number of carbonyl (C=O) groups excluding carboxylic acids is 1. The molecule has 3 heteroatoms. The standard InChI is InChI=1S/C11H14N2O/c1-3-10-11-5-4-6-12(11)7-8-13(10)9(2)14/h3-6H,7-8H2,1-2H3. The van der Waals surface area contributed by atoms with Crippen LogP contribution in [0.2, 0.25) is 0 Å². The fourth-order valence-electron chi connectivity index (χ4n) is 1.94. The lowest BCUT2D eigenvalue weighted by molar-refractivity contribution is -0.126. The van der Waals surface area contributed by atoms with Gasteiger partial charge in [0.25, 0.3) is 0 Å². The van der Waals surface area contributed by atoms with Crippen LogP contribution >= 0.6 is 0 Å². The second kappa shape index (κ2) is 3.33. The van der Waals surface area contributed by atoms with Crippen LogP contribution < -0.4 is 0 Å². The summed E-state index contributed by atoms with van der Waals surface area (Å²) >= 11 is 0. The van der Waals surface area contributed by atoms with Gasteiger partial charge in [0.05, 0.1) is 11.4 Å². The third kappa shape index (κ3) is 1.25. The zero-order valence-electron chi connectivity index (χ0n) is 8.53. The topological polar surface area (TPSA) is 25.2 Å². The lowest BCUT2D eigenvalue weighted by Gasteiger charge is -2.30. The maximum atomic E-state index is 11.4. The van der Waals surface area contributed by atoms with E-state index in [2.05, 4.69) is 10.8 Å². The van der Waals surface area contributed by atoms with Crippen LogP contribution in [-0.4, -0.2) is 21.9 Å². The Morgan fingerprint density at radius 1 is 1.50 bits per heavy atom. The van der Waals surface area contributed by atoms with E-state index in [0.29, 0.717) is 0 Å². The van der Waals surface area contributed by atoms with Gasteiger partial charge in [-0.25, -0.2) is 0 Å². The number of allylic oxidation sites excluding steroid dienone is 1. The Kier molecular flexibility index (Phi) is 2.15. The molecule has 0 atom stereocenters. The summed E-state index contributed by atoms with van der Waals surface area (Å²) in [4.78, 5) is 13.2. The number of aromatic nitrogens is 1. The minimum absolute atomic E-state index is 0.116. The highest BCUT2D eigenvalue weighted by Gasteiger charge is 2.21. The van der Waals surface area contributed by atoms with Gasteiger partial charge in [-0.05, 0) is 19.1 Å². The molecule has 0 radical (unpaired) electrons. The fraction of sp³-hybridized carbons (Fsp3) is 0.364. The van der Waals surface area contributed by atoms with Gasteiger partial charge in [0, 0.05) is 26.2 Å². The monoisotopic (exact) mass is 190 g/mol. The second-order valence-corrected chi connectivity index (χ2v) is 3.43. The molecule has 14 heavy (non-hydrogen) atoms. The maximum Gasteiger partial charge on any atom is 0.223 e. The van der Waals surface area contributed by atoms with E-state index in [0.717, 1.165) is 24.5 Å². The average molecular weight is 190 g/mol. The van der Waals surface area contributed by atoms with E-state index in [1.165, 1.54) is 0 Å². The van der Waals surface area contributed by atoms with Crippen molar-refractivity contribution in [2.24, 2.45) is 0 Å². The van der Waals surface area contributed by atoms with Gasteiger partial charge in [0.15, 0.2) is 0 Å². The van der Waals surface area contributed by atoms with Crippen molar-refractivity contribution < 1.29 is 4.79 Å². The molecule has 0 N–H and O–H groups in total. The lowest BCUT2D eigenvalue weighted by atomic mass is 10.2. The summed E-state index contributed by atoms with van der Waals surface area (Å²) in [6.45, 7) is 5.24. The Morgan fingerprint density at radius 2 is 2.29 bits per heavy atom. The third-order valence-corrected chi connectivity index (χ3v) is 2.60. The summed E-state index contributed by atoms with van der Waals surface area (Å²) in [7, 11) is 0. The molecule has 0 aliphatic carbocycles.